The predicted octanol–water partition coefficient (Wildman–Crippen LogP) is 3.09. The fourth-order valence-electron chi connectivity index (χ4n) is 3.33. The van der Waals surface area contributed by atoms with Crippen LogP contribution in [0.15, 0.2) is 76.6 Å². The normalized spacial score (nSPS) is 11.7. The molecule has 0 atom stereocenters. The van der Waals surface area contributed by atoms with E-state index in [0.29, 0.717) is 24.2 Å². The van der Waals surface area contributed by atoms with Gasteiger partial charge < -0.3 is 9.13 Å². The SMILES string of the molecule is Cc1ccc(S(=O)(=O)Nc2ccc3c(c2)nc(CCn2ccccc2=O)n3C)cc1. The van der Waals surface area contributed by atoms with Crippen LogP contribution in [0, 0.1) is 6.92 Å². The summed E-state index contributed by atoms with van der Waals surface area (Å²) in [5.41, 5.74) is 2.98. The van der Waals surface area contributed by atoms with Crippen molar-refractivity contribution in [3.05, 3.63) is 88.6 Å². The first-order valence-corrected chi connectivity index (χ1v) is 11.0. The molecule has 0 aliphatic heterocycles. The minimum Gasteiger partial charge on any atom is -0.331 e. The van der Waals surface area contributed by atoms with Crippen LogP contribution in [0.4, 0.5) is 5.69 Å². The first kappa shape index (κ1) is 19.9. The van der Waals surface area contributed by atoms with Gasteiger partial charge in [0.25, 0.3) is 15.6 Å². The first-order valence-electron chi connectivity index (χ1n) is 9.54. The van der Waals surface area contributed by atoms with Gasteiger partial charge in [0.1, 0.15) is 5.82 Å². The Morgan fingerprint density at radius 1 is 1.03 bits per heavy atom. The number of fused-ring (bicyclic) bond motifs is 1. The van der Waals surface area contributed by atoms with Crippen molar-refractivity contribution in [1.82, 2.24) is 14.1 Å². The highest BCUT2D eigenvalue weighted by atomic mass is 32.2. The number of aryl methyl sites for hydroxylation is 4. The van der Waals surface area contributed by atoms with Gasteiger partial charge in [0, 0.05) is 32.3 Å². The van der Waals surface area contributed by atoms with Crippen LogP contribution in [-0.4, -0.2) is 22.5 Å². The molecule has 7 nitrogen and oxygen atoms in total. The summed E-state index contributed by atoms with van der Waals surface area (Å²) in [5, 5.41) is 0. The number of benzene rings is 2. The molecule has 154 valence electrons. The fourth-order valence-corrected chi connectivity index (χ4v) is 4.38. The number of sulfonamides is 1. The van der Waals surface area contributed by atoms with Crippen molar-refractivity contribution in [2.45, 2.75) is 24.8 Å². The van der Waals surface area contributed by atoms with Crippen LogP contribution in [0.25, 0.3) is 11.0 Å². The lowest BCUT2D eigenvalue weighted by atomic mass is 10.2. The van der Waals surface area contributed by atoms with Crippen LogP contribution in [-0.2, 0) is 30.0 Å². The summed E-state index contributed by atoms with van der Waals surface area (Å²) in [5.74, 6) is 0.819. The Labute approximate surface area is 174 Å². The third-order valence-corrected chi connectivity index (χ3v) is 6.43. The number of anilines is 1. The van der Waals surface area contributed by atoms with Gasteiger partial charge in [0.05, 0.1) is 21.6 Å². The smallest absolute Gasteiger partial charge is 0.261 e. The second kappa shape index (κ2) is 7.79. The second-order valence-corrected chi connectivity index (χ2v) is 8.87. The van der Waals surface area contributed by atoms with Crippen LogP contribution in [0.3, 0.4) is 0 Å². The van der Waals surface area contributed by atoms with Crippen LogP contribution < -0.4 is 10.3 Å². The summed E-state index contributed by atoms with van der Waals surface area (Å²) < 4.78 is 31.5. The van der Waals surface area contributed by atoms with Crippen molar-refractivity contribution < 1.29 is 8.42 Å². The number of rotatable bonds is 6. The van der Waals surface area contributed by atoms with E-state index < -0.39 is 10.0 Å². The average Bonchev–Trinajstić information content (AvgIpc) is 3.02. The summed E-state index contributed by atoms with van der Waals surface area (Å²) in [6, 6.07) is 17.0. The Bertz CT molecular complexity index is 1370. The maximum Gasteiger partial charge on any atom is 0.261 e. The van der Waals surface area contributed by atoms with Gasteiger partial charge in [0.2, 0.25) is 0 Å². The number of imidazole rings is 1. The highest BCUT2D eigenvalue weighted by Gasteiger charge is 2.15. The zero-order valence-corrected chi connectivity index (χ0v) is 17.6. The molecule has 0 saturated carbocycles. The van der Waals surface area contributed by atoms with Gasteiger partial charge in [-0.1, -0.05) is 23.8 Å². The molecule has 4 aromatic rings. The van der Waals surface area contributed by atoms with Crippen molar-refractivity contribution in [1.29, 1.82) is 0 Å². The van der Waals surface area contributed by atoms with Gasteiger partial charge in [-0.05, 0) is 43.3 Å². The third kappa shape index (κ3) is 3.99. The zero-order chi connectivity index (χ0) is 21.3. The summed E-state index contributed by atoms with van der Waals surface area (Å²) in [6.07, 6.45) is 2.34. The highest BCUT2D eigenvalue weighted by Crippen LogP contribution is 2.22. The lowest BCUT2D eigenvalue weighted by Gasteiger charge is -2.08. The number of hydrogen-bond acceptors (Lipinski definition) is 4. The van der Waals surface area contributed by atoms with Gasteiger partial charge in [-0.25, -0.2) is 13.4 Å². The van der Waals surface area contributed by atoms with Crippen LogP contribution in [0.1, 0.15) is 11.4 Å². The fraction of sp³-hybridized carbons (Fsp3) is 0.182. The quantitative estimate of drug-likeness (QED) is 0.517. The van der Waals surface area contributed by atoms with Crippen molar-refractivity contribution in [3.63, 3.8) is 0 Å². The van der Waals surface area contributed by atoms with E-state index in [1.54, 1.807) is 53.2 Å². The van der Waals surface area contributed by atoms with Crippen LogP contribution in [0.5, 0.6) is 0 Å². The Kier molecular flexibility index (Phi) is 5.17. The summed E-state index contributed by atoms with van der Waals surface area (Å²) in [7, 11) is -1.76. The molecule has 0 saturated heterocycles. The molecule has 1 N–H and O–H groups in total. The monoisotopic (exact) mass is 422 g/mol. The zero-order valence-electron chi connectivity index (χ0n) is 16.7. The van der Waals surface area contributed by atoms with E-state index in [2.05, 4.69) is 9.71 Å². The van der Waals surface area contributed by atoms with E-state index >= 15 is 0 Å². The number of nitrogens with zero attached hydrogens (tertiary/aromatic N) is 3. The maximum absolute atomic E-state index is 12.6. The number of nitrogens with one attached hydrogen (secondary N) is 1. The summed E-state index contributed by atoms with van der Waals surface area (Å²) in [4.78, 5) is 16.7. The Morgan fingerprint density at radius 3 is 2.53 bits per heavy atom. The van der Waals surface area contributed by atoms with Crippen molar-refractivity contribution >= 4 is 26.7 Å². The molecule has 0 fully saturated rings. The molecule has 2 heterocycles. The minimum atomic E-state index is -3.68. The lowest BCUT2D eigenvalue weighted by Crippen LogP contribution is -2.19. The molecule has 0 unspecified atom stereocenters. The molecule has 30 heavy (non-hydrogen) atoms. The molecule has 8 heteroatoms. The van der Waals surface area contributed by atoms with Gasteiger partial charge in [-0.2, -0.15) is 0 Å². The number of hydrogen-bond donors (Lipinski definition) is 1. The van der Waals surface area contributed by atoms with Gasteiger partial charge in [-0.3, -0.25) is 9.52 Å². The standard InChI is InChI=1S/C22H22N4O3S/c1-16-6-9-18(10-7-16)30(28,29)24-17-8-11-20-19(15-17)23-21(25(20)2)12-14-26-13-4-3-5-22(26)27/h3-11,13,15,24H,12,14H2,1-2H3. The van der Waals surface area contributed by atoms with E-state index in [0.717, 1.165) is 16.9 Å². The molecule has 4 rings (SSSR count). The van der Waals surface area contributed by atoms with E-state index in [9.17, 15) is 13.2 Å². The van der Waals surface area contributed by atoms with Crippen molar-refractivity contribution in [3.8, 4) is 0 Å². The van der Waals surface area contributed by atoms with E-state index in [4.69, 9.17) is 0 Å². The third-order valence-electron chi connectivity index (χ3n) is 5.03. The molecule has 0 amide bonds. The molecular weight excluding hydrogens is 400 g/mol. The molecule has 0 bridgehead atoms. The van der Waals surface area contributed by atoms with E-state index in [-0.39, 0.29) is 10.5 Å². The van der Waals surface area contributed by atoms with Gasteiger partial charge in [0.15, 0.2) is 0 Å². The van der Waals surface area contributed by atoms with Crippen molar-refractivity contribution in [2.24, 2.45) is 7.05 Å². The lowest BCUT2D eigenvalue weighted by molar-refractivity contribution is 0.601. The molecule has 0 spiro atoms. The molecule has 0 aliphatic rings. The average molecular weight is 423 g/mol. The van der Waals surface area contributed by atoms with Crippen LogP contribution >= 0.6 is 0 Å². The largest absolute Gasteiger partial charge is 0.331 e. The first-order chi connectivity index (χ1) is 14.3. The van der Waals surface area contributed by atoms with E-state index in [1.165, 1.54) is 6.07 Å². The maximum atomic E-state index is 12.6. The van der Waals surface area contributed by atoms with Gasteiger partial charge in [-0.15, -0.1) is 0 Å². The molecule has 0 radical (unpaired) electrons. The topological polar surface area (TPSA) is 86.0 Å². The highest BCUT2D eigenvalue weighted by molar-refractivity contribution is 7.92. The Morgan fingerprint density at radius 2 is 1.80 bits per heavy atom. The molecule has 2 aromatic carbocycles. The summed E-state index contributed by atoms with van der Waals surface area (Å²) >= 11 is 0. The van der Waals surface area contributed by atoms with E-state index in [1.807, 2.05) is 30.7 Å². The summed E-state index contributed by atoms with van der Waals surface area (Å²) in [6.45, 7) is 2.42. The van der Waals surface area contributed by atoms with Crippen molar-refractivity contribution in [2.75, 3.05) is 4.72 Å². The second-order valence-electron chi connectivity index (χ2n) is 7.19. The number of aromatic nitrogens is 3. The molecular formula is C22H22N4O3S. The molecule has 0 aliphatic carbocycles. The Hall–Kier alpha value is -3.39. The van der Waals surface area contributed by atoms with Crippen LogP contribution in [0.2, 0.25) is 0 Å². The minimum absolute atomic E-state index is 0.0518. The van der Waals surface area contributed by atoms with Gasteiger partial charge >= 0.3 is 0 Å². The predicted molar refractivity (Wildman–Crippen MR) is 117 cm³/mol. The number of pyridine rings is 1. The Balaban J connectivity index is 1.58. The molecule has 2 aromatic heterocycles.